The summed E-state index contributed by atoms with van der Waals surface area (Å²) in [7, 11) is -3.11. The Hall–Kier alpha value is -3.33. The summed E-state index contributed by atoms with van der Waals surface area (Å²) in [4.78, 5) is 23.6. The first-order chi connectivity index (χ1) is 13.3. The van der Waals surface area contributed by atoms with Crippen molar-refractivity contribution >= 4 is 22.2 Å². The molecule has 0 unspecified atom stereocenters. The predicted octanol–water partition coefficient (Wildman–Crippen LogP) is 2.64. The Kier molecular flexibility index (Phi) is 7.16. The van der Waals surface area contributed by atoms with Gasteiger partial charge >= 0.3 is 22.2 Å². The molecule has 2 aromatic rings. The Bertz CT molecular complexity index is 952. The molecule has 0 atom stereocenters. The molecule has 0 bridgehead atoms. The Morgan fingerprint density at radius 1 is 1.04 bits per heavy atom. The number of aryl methyl sites for hydroxylation is 1. The minimum absolute atomic E-state index is 0.0380. The summed E-state index contributed by atoms with van der Waals surface area (Å²) >= 11 is 0. The van der Waals surface area contributed by atoms with Crippen LogP contribution in [-0.4, -0.2) is 27.6 Å². The molecule has 148 valence electrons. The molecule has 0 saturated carbocycles. The minimum atomic E-state index is -4.18. The van der Waals surface area contributed by atoms with Crippen molar-refractivity contribution in [2.45, 2.75) is 18.4 Å². The average Bonchev–Trinajstić information content (AvgIpc) is 2.70. The molecule has 2 aromatic carbocycles. The summed E-state index contributed by atoms with van der Waals surface area (Å²) in [6, 6.07) is 14.8. The normalized spacial score (nSPS) is 11.4. The van der Waals surface area contributed by atoms with Gasteiger partial charge in [-0.15, -0.1) is 0 Å². The smallest absolute Gasteiger partial charge is 0.412 e. The monoisotopic (exact) mass is 405 g/mol. The molecule has 8 nitrogen and oxygen atoms in total. The molecule has 28 heavy (non-hydrogen) atoms. The van der Waals surface area contributed by atoms with Gasteiger partial charge in [-0.25, -0.2) is 9.59 Å². The van der Waals surface area contributed by atoms with E-state index in [0.29, 0.717) is 6.26 Å². The van der Waals surface area contributed by atoms with Gasteiger partial charge in [0.2, 0.25) is 0 Å². The predicted molar refractivity (Wildman–Crippen MR) is 99.3 cm³/mol. The highest BCUT2D eigenvalue weighted by molar-refractivity contribution is 7.86. The third-order valence-corrected chi connectivity index (χ3v) is 4.66. The summed E-state index contributed by atoms with van der Waals surface area (Å²) in [5.74, 6) is -1.00. The van der Waals surface area contributed by atoms with Gasteiger partial charge in [-0.2, -0.15) is 8.42 Å². The molecule has 0 aliphatic heterocycles. The standard InChI is InChI=1S/C19H19NO7S/c1-14-8-10-16(11-9-14)28(23,24)27-13-17(18(21)25-2)20-19(22)26-12-15-6-4-3-5-7-15/h3-11,13H,12H2,1-2H3,(H,20,22)/b17-13+. The summed E-state index contributed by atoms with van der Waals surface area (Å²) in [5.41, 5.74) is 1.07. The maximum atomic E-state index is 12.2. The lowest BCUT2D eigenvalue weighted by atomic mass is 10.2. The second-order valence-corrected chi connectivity index (χ2v) is 7.15. The van der Waals surface area contributed by atoms with Gasteiger partial charge < -0.3 is 13.7 Å². The van der Waals surface area contributed by atoms with Crippen LogP contribution >= 0.6 is 0 Å². The maximum absolute atomic E-state index is 12.2. The lowest BCUT2D eigenvalue weighted by Crippen LogP contribution is -2.29. The van der Waals surface area contributed by atoms with Crippen molar-refractivity contribution in [1.82, 2.24) is 5.32 Å². The van der Waals surface area contributed by atoms with Crippen LogP contribution < -0.4 is 5.32 Å². The molecule has 0 aromatic heterocycles. The number of carbonyl (C=O) groups is 2. The molecule has 0 spiro atoms. The van der Waals surface area contributed by atoms with Crippen LogP contribution in [0.5, 0.6) is 0 Å². The Labute approximate surface area is 162 Å². The molecule has 1 amide bonds. The van der Waals surface area contributed by atoms with Gasteiger partial charge in [0.25, 0.3) is 0 Å². The van der Waals surface area contributed by atoms with Crippen LogP contribution in [0.2, 0.25) is 0 Å². The Morgan fingerprint density at radius 2 is 1.68 bits per heavy atom. The van der Waals surface area contributed by atoms with E-state index in [1.807, 2.05) is 6.07 Å². The first kappa shape index (κ1) is 21.0. The molecule has 1 N–H and O–H groups in total. The number of ether oxygens (including phenoxy) is 2. The number of hydrogen-bond donors (Lipinski definition) is 1. The van der Waals surface area contributed by atoms with Crippen LogP contribution in [-0.2, 0) is 35.2 Å². The third kappa shape index (κ3) is 6.13. The summed E-state index contributed by atoms with van der Waals surface area (Å²) in [6.45, 7) is 1.77. The molecule has 0 fully saturated rings. The zero-order chi connectivity index (χ0) is 20.6. The van der Waals surface area contributed by atoms with Crippen LogP contribution in [0.15, 0.2) is 71.5 Å². The van der Waals surface area contributed by atoms with Crippen molar-refractivity contribution in [1.29, 1.82) is 0 Å². The van der Waals surface area contributed by atoms with Crippen molar-refractivity contribution in [3.05, 3.63) is 77.7 Å². The molecule has 0 aliphatic rings. The Balaban J connectivity index is 2.06. The first-order valence-corrected chi connectivity index (χ1v) is 9.49. The van der Waals surface area contributed by atoms with Crippen LogP contribution in [0.1, 0.15) is 11.1 Å². The number of rotatable bonds is 7. The van der Waals surface area contributed by atoms with Gasteiger partial charge in [0.15, 0.2) is 5.70 Å². The number of hydrogen-bond acceptors (Lipinski definition) is 7. The van der Waals surface area contributed by atoms with E-state index in [4.69, 9.17) is 8.92 Å². The van der Waals surface area contributed by atoms with E-state index >= 15 is 0 Å². The van der Waals surface area contributed by atoms with E-state index in [1.165, 1.54) is 12.1 Å². The zero-order valence-electron chi connectivity index (χ0n) is 15.2. The van der Waals surface area contributed by atoms with Crippen LogP contribution in [0.4, 0.5) is 4.79 Å². The largest absolute Gasteiger partial charge is 0.464 e. The van der Waals surface area contributed by atoms with Gasteiger partial charge in [-0.1, -0.05) is 48.0 Å². The second-order valence-electron chi connectivity index (χ2n) is 5.57. The fourth-order valence-corrected chi connectivity index (χ4v) is 2.78. The molecule has 0 saturated heterocycles. The van der Waals surface area contributed by atoms with Crippen LogP contribution in [0.3, 0.4) is 0 Å². The van der Waals surface area contributed by atoms with E-state index in [0.717, 1.165) is 18.2 Å². The fourth-order valence-electron chi connectivity index (χ4n) is 1.98. The van der Waals surface area contributed by atoms with E-state index in [2.05, 4.69) is 10.1 Å². The van der Waals surface area contributed by atoms with E-state index in [1.54, 1.807) is 43.3 Å². The van der Waals surface area contributed by atoms with Crippen molar-refractivity contribution in [3.8, 4) is 0 Å². The summed E-state index contributed by atoms with van der Waals surface area (Å²) in [6.07, 6.45) is -0.387. The molecule has 9 heteroatoms. The highest BCUT2D eigenvalue weighted by Crippen LogP contribution is 2.14. The number of methoxy groups -OCH3 is 1. The third-order valence-electron chi connectivity index (χ3n) is 3.46. The number of amides is 1. The summed E-state index contributed by atoms with van der Waals surface area (Å²) in [5, 5.41) is 2.11. The van der Waals surface area contributed by atoms with Crippen LogP contribution in [0.25, 0.3) is 0 Å². The lowest BCUT2D eigenvalue weighted by Gasteiger charge is -2.10. The van der Waals surface area contributed by atoms with Gasteiger partial charge in [0.1, 0.15) is 17.8 Å². The van der Waals surface area contributed by atoms with Crippen molar-refractivity contribution < 1.29 is 31.7 Å². The van der Waals surface area contributed by atoms with Gasteiger partial charge in [0, 0.05) is 0 Å². The number of esters is 1. The minimum Gasteiger partial charge on any atom is -0.464 e. The number of carbonyl (C=O) groups excluding carboxylic acids is 2. The van der Waals surface area contributed by atoms with Crippen molar-refractivity contribution in [2.75, 3.05) is 7.11 Å². The zero-order valence-corrected chi connectivity index (χ0v) is 16.1. The quantitative estimate of drug-likeness (QED) is 0.326. The van der Waals surface area contributed by atoms with E-state index < -0.39 is 27.9 Å². The van der Waals surface area contributed by atoms with Crippen LogP contribution in [0, 0.1) is 6.92 Å². The van der Waals surface area contributed by atoms with E-state index in [-0.39, 0.29) is 11.5 Å². The SMILES string of the molecule is COC(=O)/C(=C\OS(=O)(=O)c1ccc(C)cc1)NC(=O)OCc1ccccc1. The molecule has 0 heterocycles. The highest BCUT2D eigenvalue weighted by Gasteiger charge is 2.19. The highest BCUT2D eigenvalue weighted by atomic mass is 32.2. The summed E-state index contributed by atoms with van der Waals surface area (Å²) < 4.78 is 38.6. The topological polar surface area (TPSA) is 108 Å². The molecular formula is C19H19NO7S. The first-order valence-electron chi connectivity index (χ1n) is 8.08. The van der Waals surface area contributed by atoms with Crippen molar-refractivity contribution in [3.63, 3.8) is 0 Å². The lowest BCUT2D eigenvalue weighted by molar-refractivity contribution is -0.136. The molecule has 2 rings (SSSR count). The molecular weight excluding hydrogens is 386 g/mol. The molecule has 0 aliphatic carbocycles. The van der Waals surface area contributed by atoms with E-state index in [9.17, 15) is 18.0 Å². The number of alkyl carbamates (subject to hydrolysis) is 1. The van der Waals surface area contributed by atoms with Gasteiger partial charge in [-0.05, 0) is 24.6 Å². The van der Waals surface area contributed by atoms with Crippen molar-refractivity contribution in [2.24, 2.45) is 0 Å². The van der Waals surface area contributed by atoms with Gasteiger partial charge in [0.05, 0.1) is 7.11 Å². The average molecular weight is 405 g/mol. The number of nitrogens with one attached hydrogen (secondary N) is 1. The second kappa shape index (κ2) is 9.56. The Morgan fingerprint density at radius 3 is 2.29 bits per heavy atom. The fraction of sp³-hybridized carbons (Fsp3) is 0.158. The maximum Gasteiger partial charge on any atom is 0.412 e. The van der Waals surface area contributed by atoms with Gasteiger partial charge in [-0.3, -0.25) is 5.32 Å². The molecule has 0 radical (unpaired) electrons. The number of benzene rings is 2.